The molecule has 0 atom stereocenters. The van der Waals surface area contributed by atoms with Crippen LogP contribution in [0.1, 0.15) is 84.0 Å². The van der Waals surface area contributed by atoms with E-state index in [1.165, 1.54) is 70.6 Å². The minimum Gasteiger partial charge on any atom is -0.508 e. The highest BCUT2D eigenvalue weighted by atomic mass is 16.5. The third-order valence-corrected chi connectivity index (χ3v) is 5.87. The summed E-state index contributed by atoms with van der Waals surface area (Å²) in [6.45, 7) is 3.81. The van der Waals surface area contributed by atoms with Crippen LogP contribution in [0.2, 0.25) is 0 Å². The molecule has 0 saturated heterocycles. The number of hydrogen-bond acceptors (Lipinski definition) is 4. The van der Waals surface area contributed by atoms with Crippen molar-refractivity contribution >= 4 is 6.03 Å². The zero-order chi connectivity index (χ0) is 25.0. The van der Waals surface area contributed by atoms with Crippen LogP contribution in [0.4, 0.5) is 4.79 Å². The largest absolute Gasteiger partial charge is 0.508 e. The van der Waals surface area contributed by atoms with E-state index in [2.05, 4.69) is 17.6 Å². The SMILES string of the molecule is CCCCCCCCCCCCCCNC(=O)NCCOc1ccc(Oc2ccc(O)cc2)cc1. The van der Waals surface area contributed by atoms with Crippen molar-refractivity contribution in [2.45, 2.75) is 84.0 Å². The number of urea groups is 1. The number of hydrogen-bond donors (Lipinski definition) is 3. The average molecular weight is 485 g/mol. The average Bonchev–Trinajstić information content (AvgIpc) is 2.87. The molecule has 2 amide bonds. The standard InChI is InChI=1S/C29H44N2O4/c1-2-3-4-5-6-7-8-9-10-11-12-13-22-30-29(33)31-23-24-34-26-18-20-28(21-19-26)35-27-16-14-25(32)15-17-27/h14-21,32H,2-13,22-24H2,1H3,(H2,30,31,33). The highest BCUT2D eigenvalue weighted by Crippen LogP contribution is 2.25. The minimum absolute atomic E-state index is 0.144. The van der Waals surface area contributed by atoms with Gasteiger partial charge in [0.2, 0.25) is 0 Å². The van der Waals surface area contributed by atoms with Gasteiger partial charge in [-0.25, -0.2) is 4.79 Å². The van der Waals surface area contributed by atoms with Crippen LogP contribution in [0.3, 0.4) is 0 Å². The summed E-state index contributed by atoms with van der Waals surface area (Å²) in [6, 6.07) is 13.7. The fourth-order valence-corrected chi connectivity index (χ4v) is 3.82. The molecule has 0 aromatic heterocycles. The molecular weight excluding hydrogens is 440 g/mol. The Morgan fingerprint density at radius 3 is 1.69 bits per heavy atom. The maximum atomic E-state index is 11.9. The van der Waals surface area contributed by atoms with Crippen molar-refractivity contribution in [2.24, 2.45) is 0 Å². The van der Waals surface area contributed by atoms with Crippen LogP contribution < -0.4 is 20.1 Å². The van der Waals surface area contributed by atoms with E-state index in [0.29, 0.717) is 36.9 Å². The normalized spacial score (nSPS) is 10.7. The van der Waals surface area contributed by atoms with E-state index in [-0.39, 0.29) is 11.8 Å². The van der Waals surface area contributed by atoms with E-state index in [4.69, 9.17) is 9.47 Å². The predicted octanol–water partition coefficient (Wildman–Crippen LogP) is 7.56. The van der Waals surface area contributed by atoms with Gasteiger partial charge in [-0.1, -0.05) is 77.6 Å². The van der Waals surface area contributed by atoms with Gasteiger partial charge >= 0.3 is 6.03 Å². The molecule has 0 unspecified atom stereocenters. The van der Waals surface area contributed by atoms with Crippen LogP contribution in [0.25, 0.3) is 0 Å². The van der Waals surface area contributed by atoms with Gasteiger partial charge in [0.05, 0.1) is 6.54 Å². The first-order chi connectivity index (χ1) is 17.2. The maximum absolute atomic E-state index is 11.9. The third-order valence-electron chi connectivity index (χ3n) is 5.87. The minimum atomic E-state index is -0.144. The first-order valence-electron chi connectivity index (χ1n) is 13.4. The van der Waals surface area contributed by atoms with Gasteiger partial charge in [-0.2, -0.15) is 0 Å². The van der Waals surface area contributed by atoms with Gasteiger partial charge in [0, 0.05) is 6.54 Å². The molecular formula is C29H44N2O4. The van der Waals surface area contributed by atoms with E-state index >= 15 is 0 Å². The van der Waals surface area contributed by atoms with Crippen LogP contribution in [0.5, 0.6) is 23.0 Å². The third kappa shape index (κ3) is 14.2. The van der Waals surface area contributed by atoms with Crippen molar-refractivity contribution in [3.8, 4) is 23.0 Å². The molecule has 0 aliphatic carbocycles. The smallest absolute Gasteiger partial charge is 0.314 e. The topological polar surface area (TPSA) is 79.8 Å². The molecule has 0 heterocycles. The number of ether oxygens (including phenoxy) is 2. The first kappa shape index (κ1) is 28.3. The summed E-state index contributed by atoms with van der Waals surface area (Å²) in [5.41, 5.74) is 0. The van der Waals surface area contributed by atoms with E-state index in [9.17, 15) is 9.90 Å². The Kier molecular flexibility index (Phi) is 14.9. The number of phenolic OH excluding ortho intramolecular Hbond substituents is 1. The Morgan fingerprint density at radius 1 is 0.657 bits per heavy atom. The predicted molar refractivity (Wildman–Crippen MR) is 143 cm³/mol. The Morgan fingerprint density at radius 2 is 1.11 bits per heavy atom. The van der Waals surface area contributed by atoms with Crippen LogP contribution >= 0.6 is 0 Å². The van der Waals surface area contributed by atoms with Crippen molar-refractivity contribution in [2.75, 3.05) is 19.7 Å². The molecule has 194 valence electrons. The van der Waals surface area contributed by atoms with Crippen molar-refractivity contribution < 1.29 is 19.4 Å². The molecule has 0 aliphatic heterocycles. The molecule has 6 nitrogen and oxygen atoms in total. The molecule has 0 aliphatic rings. The monoisotopic (exact) mass is 484 g/mol. The van der Waals surface area contributed by atoms with E-state index in [1.54, 1.807) is 24.3 Å². The quantitative estimate of drug-likeness (QED) is 0.180. The fraction of sp³-hybridized carbons (Fsp3) is 0.552. The molecule has 2 aromatic carbocycles. The summed E-state index contributed by atoms with van der Waals surface area (Å²) < 4.78 is 11.4. The van der Waals surface area contributed by atoms with Gasteiger partial charge in [-0.05, 0) is 55.0 Å². The van der Waals surface area contributed by atoms with Gasteiger partial charge in [-0.3, -0.25) is 0 Å². The second kappa shape index (κ2) is 18.4. The molecule has 0 spiro atoms. The molecule has 0 bridgehead atoms. The molecule has 0 fully saturated rings. The first-order valence-corrected chi connectivity index (χ1v) is 13.4. The van der Waals surface area contributed by atoms with Crippen molar-refractivity contribution in [1.82, 2.24) is 10.6 Å². The second-order valence-electron chi connectivity index (χ2n) is 8.99. The molecule has 0 radical (unpaired) electrons. The highest BCUT2D eigenvalue weighted by molar-refractivity contribution is 5.73. The number of benzene rings is 2. The van der Waals surface area contributed by atoms with Gasteiger partial charge < -0.3 is 25.2 Å². The molecule has 35 heavy (non-hydrogen) atoms. The van der Waals surface area contributed by atoms with Crippen molar-refractivity contribution in [3.05, 3.63) is 48.5 Å². The van der Waals surface area contributed by atoms with E-state index in [0.717, 1.165) is 6.42 Å². The highest BCUT2D eigenvalue weighted by Gasteiger charge is 2.02. The summed E-state index contributed by atoms with van der Waals surface area (Å²) in [6.07, 6.45) is 15.8. The number of carbonyl (C=O) groups excluding carboxylic acids is 1. The number of nitrogens with one attached hydrogen (secondary N) is 2. The summed E-state index contributed by atoms with van der Waals surface area (Å²) in [5, 5.41) is 15.1. The molecule has 6 heteroatoms. The lowest BCUT2D eigenvalue weighted by Crippen LogP contribution is -2.38. The number of unbranched alkanes of at least 4 members (excludes halogenated alkanes) is 11. The Hall–Kier alpha value is -2.89. The zero-order valence-electron chi connectivity index (χ0n) is 21.4. The lowest BCUT2D eigenvalue weighted by molar-refractivity contribution is 0.236. The molecule has 2 aromatic rings. The Balaban J connectivity index is 1.40. The van der Waals surface area contributed by atoms with E-state index in [1.807, 2.05) is 24.3 Å². The van der Waals surface area contributed by atoms with Gasteiger partial charge in [0.25, 0.3) is 0 Å². The van der Waals surface area contributed by atoms with E-state index < -0.39 is 0 Å². The summed E-state index contributed by atoms with van der Waals surface area (Å²) >= 11 is 0. The maximum Gasteiger partial charge on any atom is 0.314 e. The zero-order valence-corrected chi connectivity index (χ0v) is 21.4. The van der Waals surface area contributed by atoms with Crippen LogP contribution in [0, 0.1) is 0 Å². The number of rotatable bonds is 19. The van der Waals surface area contributed by atoms with Crippen molar-refractivity contribution in [3.63, 3.8) is 0 Å². The summed E-state index contributed by atoms with van der Waals surface area (Å²) in [7, 11) is 0. The fourth-order valence-electron chi connectivity index (χ4n) is 3.82. The number of carbonyl (C=O) groups is 1. The summed E-state index contributed by atoms with van der Waals surface area (Å²) in [4.78, 5) is 11.9. The lowest BCUT2D eigenvalue weighted by Gasteiger charge is -2.10. The Labute approximate surface area is 211 Å². The number of aromatic hydroxyl groups is 1. The van der Waals surface area contributed by atoms with Crippen LogP contribution in [0.15, 0.2) is 48.5 Å². The van der Waals surface area contributed by atoms with Crippen LogP contribution in [-0.4, -0.2) is 30.8 Å². The molecule has 3 N–H and O–H groups in total. The molecule has 2 rings (SSSR count). The second-order valence-corrected chi connectivity index (χ2v) is 8.99. The van der Waals surface area contributed by atoms with Gasteiger partial charge in [-0.15, -0.1) is 0 Å². The molecule has 0 saturated carbocycles. The number of amides is 2. The lowest BCUT2D eigenvalue weighted by atomic mass is 10.1. The number of phenols is 1. The summed E-state index contributed by atoms with van der Waals surface area (Å²) in [5.74, 6) is 2.24. The Bertz CT molecular complexity index is 793. The van der Waals surface area contributed by atoms with Crippen LogP contribution in [-0.2, 0) is 0 Å². The van der Waals surface area contributed by atoms with Crippen molar-refractivity contribution in [1.29, 1.82) is 0 Å². The van der Waals surface area contributed by atoms with Gasteiger partial charge in [0.15, 0.2) is 0 Å². The van der Waals surface area contributed by atoms with Gasteiger partial charge in [0.1, 0.15) is 29.6 Å².